The van der Waals surface area contributed by atoms with Gasteiger partial charge in [-0.25, -0.2) is 9.67 Å². The highest BCUT2D eigenvalue weighted by atomic mass is 16.2. The zero-order valence-electron chi connectivity index (χ0n) is 12.5. The van der Waals surface area contributed by atoms with Crippen LogP contribution < -0.4 is 5.32 Å². The van der Waals surface area contributed by atoms with Gasteiger partial charge in [-0.3, -0.25) is 4.79 Å². The Kier molecular flexibility index (Phi) is 5.52. The van der Waals surface area contributed by atoms with Crippen molar-refractivity contribution in [1.29, 1.82) is 0 Å². The predicted octanol–water partition coefficient (Wildman–Crippen LogP) is 1.22. The molecule has 1 aromatic rings. The van der Waals surface area contributed by atoms with Crippen molar-refractivity contribution in [2.75, 3.05) is 19.6 Å². The topological polar surface area (TPSA) is 63.1 Å². The van der Waals surface area contributed by atoms with Gasteiger partial charge in [0.1, 0.15) is 18.7 Å². The number of hydrogen-bond acceptors (Lipinski definition) is 4. The van der Waals surface area contributed by atoms with E-state index in [1.807, 2.05) is 11.8 Å². The van der Waals surface area contributed by atoms with Crippen LogP contribution >= 0.6 is 0 Å². The molecule has 1 saturated heterocycles. The van der Waals surface area contributed by atoms with E-state index in [0.29, 0.717) is 6.04 Å². The fourth-order valence-corrected chi connectivity index (χ4v) is 2.70. The normalized spacial score (nSPS) is 20.6. The van der Waals surface area contributed by atoms with E-state index in [2.05, 4.69) is 22.3 Å². The Morgan fingerprint density at radius 1 is 1.55 bits per heavy atom. The van der Waals surface area contributed by atoms with Gasteiger partial charge in [0.25, 0.3) is 0 Å². The van der Waals surface area contributed by atoms with Crippen LogP contribution in [0.25, 0.3) is 0 Å². The summed E-state index contributed by atoms with van der Waals surface area (Å²) in [7, 11) is 0. The smallest absolute Gasteiger partial charge is 0.247 e. The number of nitrogens with one attached hydrogen (secondary N) is 1. The van der Waals surface area contributed by atoms with Gasteiger partial charge < -0.3 is 10.2 Å². The molecular weight excluding hydrogens is 254 g/mol. The zero-order valence-corrected chi connectivity index (χ0v) is 12.5. The quantitative estimate of drug-likeness (QED) is 0.850. The average molecular weight is 279 g/mol. The fraction of sp³-hybridized carbons (Fsp3) is 0.786. The molecule has 2 unspecified atom stereocenters. The molecule has 2 rings (SSSR count). The van der Waals surface area contributed by atoms with Crippen LogP contribution in [0.3, 0.4) is 0 Å². The van der Waals surface area contributed by atoms with Crippen LogP contribution in [0.4, 0.5) is 0 Å². The van der Waals surface area contributed by atoms with Crippen LogP contribution in [0.15, 0.2) is 12.7 Å². The first-order chi connectivity index (χ1) is 9.72. The maximum Gasteiger partial charge on any atom is 0.247 e. The summed E-state index contributed by atoms with van der Waals surface area (Å²) in [6.07, 6.45) is 7.70. The average Bonchev–Trinajstić information content (AvgIpc) is 3.00. The lowest BCUT2D eigenvalue weighted by Crippen LogP contribution is -2.47. The second kappa shape index (κ2) is 7.38. The maximum atomic E-state index is 12.6. The summed E-state index contributed by atoms with van der Waals surface area (Å²) in [4.78, 5) is 18.5. The number of carbonyl (C=O) groups excluding carboxylic acids is 1. The van der Waals surface area contributed by atoms with Crippen LogP contribution in [0.5, 0.6) is 0 Å². The highest BCUT2D eigenvalue weighted by molar-refractivity contribution is 5.80. The molecule has 1 amide bonds. The Balaban J connectivity index is 1.97. The Hall–Kier alpha value is -1.43. The monoisotopic (exact) mass is 279 g/mol. The second-order valence-electron chi connectivity index (χ2n) is 5.48. The van der Waals surface area contributed by atoms with Crippen LogP contribution in [-0.4, -0.2) is 51.2 Å². The van der Waals surface area contributed by atoms with E-state index in [0.717, 1.165) is 32.5 Å². The molecular formula is C14H25N5O. The molecule has 0 saturated carbocycles. The van der Waals surface area contributed by atoms with Gasteiger partial charge >= 0.3 is 0 Å². The van der Waals surface area contributed by atoms with Crippen LogP contribution in [0, 0.1) is 0 Å². The van der Waals surface area contributed by atoms with Gasteiger partial charge in [0.15, 0.2) is 0 Å². The molecule has 0 radical (unpaired) electrons. The van der Waals surface area contributed by atoms with Crippen LogP contribution in [-0.2, 0) is 4.79 Å². The Labute approximate surface area is 120 Å². The minimum atomic E-state index is -0.285. The van der Waals surface area contributed by atoms with Crippen molar-refractivity contribution >= 4 is 5.91 Å². The molecule has 6 nitrogen and oxygen atoms in total. The second-order valence-corrected chi connectivity index (χ2v) is 5.48. The zero-order chi connectivity index (χ0) is 14.4. The molecule has 1 N–H and O–H groups in total. The summed E-state index contributed by atoms with van der Waals surface area (Å²) < 4.78 is 1.62. The van der Waals surface area contributed by atoms with E-state index in [9.17, 15) is 4.79 Å². The predicted molar refractivity (Wildman–Crippen MR) is 77.2 cm³/mol. The number of carbonyl (C=O) groups is 1. The lowest BCUT2D eigenvalue weighted by atomic mass is 10.0. The highest BCUT2D eigenvalue weighted by Crippen LogP contribution is 2.13. The first kappa shape index (κ1) is 15.0. The standard InChI is InChI=1S/C14H25N5O/c1-3-8-18(9-13-6-4-5-7-16-13)14(20)12(2)19-11-15-10-17-19/h10-13,16H,3-9H2,1-2H3. The number of piperidine rings is 1. The van der Waals surface area contributed by atoms with Crippen molar-refractivity contribution in [2.45, 2.75) is 51.6 Å². The van der Waals surface area contributed by atoms with E-state index in [1.54, 1.807) is 11.0 Å². The van der Waals surface area contributed by atoms with E-state index in [-0.39, 0.29) is 11.9 Å². The number of aromatic nitrogens is 3. The summed E-state index contributed by atoms with van der Waals surface area (Å²) in [5.74, 6) is 0.129. The molecule has 0 aliphatic carbocycles. The van der Waals surface area contributed by atoms with Crippen LogP contribution in [0.1, 0.15) is 45.6 Å². The minimum absolute atomic E-state index is 0.129. The molecule has 20 heavy (non-hydrogen) atoms. The number of nitrogens with zero attached hydrogens (tertiary/aromatic N) is 4. The third kappa shape index (κ3) is 3.79. The minimum Gasteiger partial charge on any atom is -0.339 e. The molecule has 2 heterocycles. The molecule has 0 aromatic carbocycles. The Morgan fingerprint density at radius 3 is 3.00 bits per heavy atom. The van der Waals surface area contributed by atoms with E-state index in [1.165, 1.54) is 19.2 Å². The van der Waals surface area contributed by atoms with Gasteiger partial charge in [0, 0.05) is 19.1 Å². The van der Waals surface area contributed by atoms with Crippen molar-refractivity contribution in [2.24, 2.45) is 0 Å². The SMILES string of the molecule is CCCN(CC1CCCCN1)C(=O)C(C)n1cncn1. The number of rotatable bonds is 6. The molecule has 112 valence electrons. The molecule has 1 aliphatic heterocycles. The molecule has 0 spiro atoms. The van der Waals surface area contributed by atoms with Crippen molar-refractivity contribution in [3.05, 3.63) is 12.7 Å². The van der Waals surface area contributed by atoms with Crippen molar-refractivity contribution in [3.8, 4) is 0 Å². The summed E-state index contributed by atoms with van der Waals surface area (Å²) in [6, 6.07) is 0.148. The van der Waals surface area contributed by atoms with Gasteiger partial charge in [0.05, 0.1) is 0 Å². The van der Waals surface area contributed by atoms with Gasteiger partial charge in [-0.1, -0.05) is 13.3 Å². The maximum absolute atomic E-state index is 12.6. The van der Waals surface area contributed by atoms with Gasteiger partial charge in [-0.15, -0.1) is 0 Å². The highest BCUT2D eigenvalue weighted by Gasteiger charge is 2.25. The summed E-state index contributed by atoms with van der Waals surface area (Å²) in [6.45, 7) is 6.65. The van der Waals surface area contributed by atoms with E-state index >= 15 is 0 Å². The molecule has 1 fully saturated rings. The first-order valence-corrected chi connectivity index (χ1v) is 7.58. The first-order valence-electron chi connectivity index (χ1n) is 7.58. The molecule has 1 aliphatic rings. The van der Waals surface area contributed by atoms with Crippen molar-refractivity contribution in [1.82, 2.24) is 25.0 Å². The Morgan fingerprint density at radius 2 is 2.40 bits per heavy atom. The summed E-state index contributed by atoms with van der Waals surface area (Å²) >= 11 is 0. The third-order valence-corrected chi connectivity index (χ3v) is 3.85. The van der Waals surface area contributed by atoms with Gasteiger partial charge in [-0.2, -0.15) is 5.10 Å². The fourth-order valence-electron chi connectivity index (χ4n) is 2.70. The Bertz CT molecular complexity index is 400. The number of hydrogen-bond donors (Lipinski definition) is 1. The van der Waals surface area contributed by atoms with Crippen LogP contribution in [0.2, 0.25) is 0 Å². The van der Waals surface area contributed by atoms with Gasteiger partial charge in [0.2, 0.25) is 5.91 Å². The lowest BCUT2D eigenvalue weighted by Gasteiger charge is -2.32. The van der Waals surface area contributed by atoms with E-state index < -0.39 is 0 Å². The van der Waals surface area contributed by atoms with Crippen molar-refractivity contribution in [3.63, 3.8) is 0 Å². The summed E-state index contributed by atoms with van der Waals surface area (Å²) in [5, 5.41) is 7.58. The van der Waals surface area contributed by atoms with Gasteiger partial charge in [-0.05, 0) is 32.7 Å². The molecule has 6 heteroatoms. The van der Waals surface area contributed by atoms with Crippen molar-refractivity contribution < 1.29 is 4.79 Å². The molecule has 2 atom stereocenters. The molecule has 1 aromatic heterocycles. The van der Waals surface area contributed by atoms with E-state index in [4.69, 9.17) is 0 Å². The largest absolute Gasteiger partial charge is 0.339 e. The summed E-state index contributed by atoms with van der Waals surface area (Å²) in [5.41, 5.74) is 0. The molecule has 0 bridgehead atoms. The lowest BCUT2D eigenvalue weighted by molar-refractivity contribution is -0.135. The number of amides is 1. The third-order valence-electron chi connectivity index (χ3n) is 3.85.